The van der Waals surface area contributed by atoms with Gasteiger partial charge >= 0.3 is 5.97 Å². The highest BCUT2D eigenvalue weighted by Crippen LogP contribution is 1.85. The van der Waals surface area contributed by atoms with Gasteiger partial charge < -0.3 is 10.4 Å². The lowest BCUT2D eigenvalue weighted by atomic mass is 10.3. The van der Waals surface area contributed by atoms with E-state index >= 15 is 0 Å². The SMILES string of the molecule is C=C(C)C(=O)NC(=NC)C(=O)O. The highest BCUT2D eigenvalue weighted by molar-refractivity contribution is 6.38. The number of carboxylic acid groups (broad SMARTS) is 1. The van der Waals surface area contributed by atoms with Crippen LogP contribution in [0.4, 0.5) is 0 Å². The molecule has 1 amide bonds. The van der Waals surface area contributed by atoms with Gasteiger partial charge in [0.1, 0.15) is 0 Å². The first-order valence-electron chi connectivity index (χ1n) is 3.16. The van der Waals surface area contributed by atoms with Crippen molar-refractivity contribution in [2.24, 2.45) is 4.99 Å². The number of hydrogen-bond acceptors (Lipinski definition) is 3. The Morgan fingerprint density at radius 2 is 2.00 bits per heavy atom. The number of amidine groups is 1. The molecule has 0 aliphatic carbocycles. The average Bonchev–Trinajstić information content (AvgIpc) is 1.98. The van der Waals surface area contributed by atoms with E-state index in [1.807, 2.05) is 0 Å². The minimum atomic E-state index is -1.27. The molecule has 0 aromatic carbocycles. The molecule has 0 spiro atoms. The van der Waals surface area contributed by atoms with Crippen LogP contribution in [0.15, 0.2) is 17.1 Å². The Bertz CT molecular complexity index is 255. The molecule has 0 saturated heterocycles. The molecule has 2 N–H and O–H groups in total. The molecule has 12 heavy (non-hydrogen) atoms. The van der Waals surface area contributed by atoms with Crippen LogP contribution in [-0.2, 0) is 9.59 Å². The molecule has 0 bridgehead atoms. The highest BCUT2D eigenvalue weighted by atomic mass is 16.4. The van der Waals surface area contributed by atoms with Gasteiger partial charge in [0, 0.05) is 12.6 Å². The minimum absolute atomic E-state index is 0.234. The molecular weight excluding hydrogens is 160 g/mol. The Morgan fingerprint density at radius 1 is 1.50 bits per heavy atom. The number of nitrogens with one attached hydrogen (secondary N) is 1. The number of aliphatic imine (C=N–C) groups is 1. The number of hydrogen-bond donors (Lipinski definition) is 2. The largest absolute Gasteiger partial charge is 0.475 e. The number of carbonyl (C=O) groups excluding carboxylic acids is 1. The van der Waals surface area contributed by atoms with E-state index in [1.54, 1.807) is 0 Å². The lowest BCUT2D eigenvalue weighted by molar-refractivity contribution is -0.130. The van der Waals surface area contributed by atoms with Crippen LogP contribution in [0.2, 0.25) is 0 Å². The monoisotopic (exact) mass is 170 g/mol. The van der Waals surface area contributed by atoms with Gasteiger partial charge in [0.05, 0.1) is 0 Å². The van der Waals surface area contributed by atoms with Crippen LogP contribution < -0.4 is 5.32 Å². The van der Waals surface area contributed by atoms with E-state index in [1.165, 1.54) is 14.0 Å². The second kappa shape index (κ2) is 4.27. The topological polar surface area (TPSA) is 78.8 Å². The average molecular weight is 170 g/mol. The third-order valence-electron chi connectivity index (χ3n) is 1.05. The molecule has 5 nitrogen and oxygen atoms in total. The minimum Gasteiger partial charge on any atom is -0.475 e. The summed E-state index contributed by atoms with van der Waals surface area (Å²) in [5.41, 5.74) is 0.234. The van der Waals surface area contributed by atoms with Crippen molar-refractivity contribution in [1.82, 2.24) is 5.32 Å². The van der Waals surface area contributed by atoms with Crippen molar-refractivity contribution < 1.29 is 14.7 Å². The van der Waals surface area contributed by atoms with E-state index in [0.717, 1.165) is 0 Å². The van der Waals surface area contributed by atoms with Crippen molar-refractivity contribution in [2.75, 3.05) is 7.05 Å². The molecule has 0 atom stereocenters. The fourth-order valence-corrected chi connectivity index (χ4v) is 0.419. The third kappa shape index (κ3) is 2.96. The molecule has 0 saturated carbocycles. The normalized spacial score (nSPS) is 10.7. The second-order valence-electron chi connectivity index (χ2n) is 2.11. The van der Waals surface area contributed by atoms with E-state index in [0.29, 0.717) is 0 Å². The van der Waals surface area contributed by atoms with Crippen molar-refractivity contribution in [3.8, 4) is 0 Å². The van der Waals surface area contributed by atoms with E-state index < -0.39 is 11.9 Å². The van der Waals surface area contributed by atoms with Crippen molar-refractivity contribution in [1.29, 1.82) is 0 Å². The number of rotatable bonds is 1. The summed E-state index contributed by atoms with van der Waals surface area (Å²) in [5, 5.41) is 10.5. The zero-order valence-electron chi connectivity index (χ0n) is 6.92. The highest BCUT2D eigenvalue weighted by Gasteiger charge is 2.11. The third-order valence-corrected chi connectivity index (χ3v) is 1.05. The van der Waals surface area contributed by atoms with Gasteiger partial charge in [-0.1, -0.05) is 6.58 Å². The zero-order chi connectivity index (χ0) is 9.72. The molecule has 0 aliphatic heterocycles. The molecule has 0 aliphatic rings. The maximum absolute atomic E-state index is 10.9. The van der Waals surface area contributed by atoms with Gasteiger partial charge in [0.2, 0.25) is 5.84 Å². The van der Waals surface area contributed by atoms with E-state index in [9.17, 15) is 9.59 Å². The van der Waals surface area contributed by atoms with Crippen molar-refractivity contribution in [2.45, 2.75) is 6.92 Å². The Morgan fingerprint density at radius 3 is 2.25 bits per heavy atom. The number of amides is 1. The Hall–Kier alpha value is -1.65. The van der Waals surface area contributed by atoms with Crippen LogP contribution in [0.25, 0.3) is 0 Å². The summed E-state index contributed by atoms with van der Waals surface area (Å²) in [4.78, 5) is 24.5. The van der Waals surface area contributed by atoms with Crippen LogP contribution in [-0.4, -0.2) is 29.9 Å². The number of aliphatic carboxylic acids is 1. The predicted octanol–water partition coefficient (Wildman–Crippen LogP) is -0.208. The summed E-state index contributed by atoms with van der Waals surface area (Å²) >= 11 is 0. The quantitative estimate of drug-likeness (QED) is 0.324. The molecule has 0 aromatic heterocycles. The maximum Gasteiger partial charge on any atom is 0.371 e. The second-order valence-corrected chi connectivity index (χ2v) is 2.11. The first-order chi connectivity index (χ1) is 5.49. The summed E-state index contributed by atoms with van der Waals surface area (Å²) in [6.07, 6.45) is 0. The van der Waals surface area contributed by atoms with Gasteiger partial charge in [-0.05, 0) is 6.92 Å². The Labute approximate surface area is 69.8 Å². The maximum atomic E-state index is 10.9. The van der Waals surface area contributed by atoms with Crippen LogP contribution >= 0.6 is 0 Å². The first kappa shape index (κ1) is 10.3. The smallest absolute Gasteiger partial charge is 0.371 e. The van der Waals surface area contributed by atoms with Gasteiger partial charge in [-0.25, -0.2) is 4.79 Å². The summed E-state index contributed by atoms with van der Waals surface area (Å²) in [7, 11) is 1.28. The fourth-order valence-electron chi connectivity index (χ4n) is 0.419. The number of nitrogens with zero attached hydrogens (tertiary/aromatic N) is 1. The lowest BCUT2D eigenvalue weighted by Gasteiger charge is -2.01. The van der Waals surface area contributed by atoms with E-state index in [4.69, 9.17) is 5.11 Å². The van der Waals surface area contributed by atoms with Gasteiger partial charge in [-0.3, -0.25) is 9.79 Å². The molecule has 0 fully saturated rings. The van der Waals surface area contributed by atoms with Crippen molar-refractivity contribution in [3.05, 3.63) is 12.2 Å². The lowest BCUT2D eigenvalue weighted by Crippen LogP contribution is -2.36. The summed E-state index contributed by atoms with van der Waals surface area (Å²) in [6, 6.07) is 0. The molecule has 5 heteroatoms. The fraction of sp³-hybridized carbons (Fsp3) is 0.286. The molecule has 0 heterocycles. The van der Waals surface area contributed by atoms with Crippen LogP contribution in [0.1, 0.15) is 6.92 Å². The Kier molecular flexibility index (Phi) is 3.69. The van der Waals surface area contributed by atoms with Crippen LogP contribution in [0.3, 0.4) is 0 Å². The molecule has 0 radical (unpaired) electrons. The zero-order valence-corrected chi connectivity index (χ0v) is 6.92. The molecule has 66 valence electrons. The standard InChI is InChI=1S/C7H10N2O3/c1-4(2)6(10)9-5(8-3)7(11)12/h1H2,2-3H3,(H,11,12)(H,8,9,10). The number of carboxylic acids is 1. The van der Waals surface area contributed by atoms with Gasteiger partial charge in [0.15, 0.2) is 0 Å². The summed E-state index contributed by atoms with van der Waals surface area (Å²) in [5.74, 6) is -2.20. The van der Waals surface area contributed by atoms with E-state index in [2.05, 4.69) is 16.9 Å². The molecule has 0 aromatic rings. The van der Waals surface area contributed by atoms with Crippen LogP contribution in [0.5, 0.6) is 0 Å². The van der Waals surface area contributed by atoms with Gasteiger partial charge in [-0.15, -0.1) is 0 Å². The predicted molar refractivity (Wildman–Crippen MR) is 44.0 cm³/mol. The summed E-state index contributed by atoms with van der Waals surface area (Å²) in [6.45, 7) is 4.82. The Balaban J connectivity index is 4.34. The number of carbonyl (C=O) groups is 2. The van der Waals surface area contributed by atoms with Crippen molar-refractivity contribution in [3.63, 3.8) is 0 Å². The summed E-state index contributed by atoms with van der Waals surface area (Å²) < 4.78 is 0. The molecule has 0 rings (SSSR count). The van der Waals surface area contributed by atoms with Gasteiger partial charge in [-0.2, -0.15) is 0 Å². The molecular formula is C7H10N2O3. The first-order valence-corrected chi connectivity index (χ1v) is 3.16. The van der Waals surface area contributed by atoms with Crippen molar-refractivity contribution >= 4 is 17.7 Å². The van der Waals surface area contributed by atoms with Gasteiger partial charge in [0.25, 0.3) is 5.91 Å². The van der Waals surface area contributed by atoms with E-state index in [-0.39, 0.29) is 11.4 Å². The van der Waals surface area contributed by atoms with Crippen LogP contribution in [0, 0.1) is 0 Å². The molecule has 0 unspecified atom stereocenters.